The van der Waals surface area contributed by atoms with Gasteiger partial charge in [0.2, 0.25) is 5.91 Å². The zero-order chi connectivity index (χ0) is 22.1. The smallest absolute Gasteiger partial charge is 0.221 e. The quantitative estimate of drug-likeness (QED) is 0.456. The van der Waals surface area contributed by atoms with Crippen LogP contribution in [0.5, 0.6) is 5.75 Å². The number of hydrogen-bond acceptors (Lipinski definition) is 3. The van der Waals surface area contributed by atoms with Crippen LogP contribution >= 0.6 is 0 Å². The van der Waals surface area contributed by atoms with Crippen LogP contribution in [0.3, 0.4) is 0 Å². The number of nitrogens with one attached hydrogen (secondary N) is 3. The monoisotopic (exact) mass is 410 g/mol. The molecule has 2 rings (SSSR count). The van der Waals surface area contributed by atoms with Gasteiger partial charge in [-0.05, 0) is 35.2 Å². The van der Waals surface area contributed by atoms with Crippen LogP contribution in [0.2, 0.25) is 0 Å². The van der Waals surface area contributed by atoms with Crippen LogP contribution in [-0.2, 0) is 23.2 Å². The van der Waals surface area contributed by atoms with Crippen molar-refractivity contribution in [1.29, 1.82) is 0 Å². The molecule has 0 aliphatic rings. The van der Waals surface area contributed by atoms with Gasteiger partial charge in [0.25, 0.3) is 0 Å². The molecule has 0 saturated heterocycles. The minimum Gasteiger partial charge on any atom is -0.495 e. The Morgan fingerprint density at radius 1 is 1.07 bits per heavy atom. The first-order valence-electron chi connectivity index (χ1n) is 10.3. The van der Waals surface area contributed by atoms with Crippen molar-refractivity contribution in [3.8, 4) is 5.75 Å². The van der Waals surface area contributed by atoms with Crippen LogP contribution in [0.4, 0.5) is 5.69 Å². The van der Waals surface area contributed by atoms with Crippen molar-refractivity contribution < 1.29 is 9.53 Å². The van der Waals surface area contributed by atoms with Crippen LogP contribution in [0, 0.1) is 0 Å². The van der Waals surface area contributed by atoms with E-state index >= 15 is 0 Å². The lowest BCUT2D eigenvalue weighted by molar-refractivity contribution is -0.114. The predicted octanol–water partition coefficient (Wildman–Crippen LogP) is 3.86. The first-order chi connectivity index (χ1) is 14.3. The van der Waals surface area contributed by atoms with E-state index < -0.39 is 0 Å². The van der Waals surface area contributed by atoms with E-state index in [0.717, 1.165) is 24.5 Å². The van der Waals surface area contributed by atoms with Crippen molar-refractivity contribution in [2.24, 2.45) is 4.99 Å². The average Bonchev–Trinajstić information content (AvgIpc) is 2.73. The molecule has 2 aromatic carbocycles. The number of hydrogen-bond donors (Lipinski definition) is 3. The Labute approximate surface area is 180 Å². The van der Waals surface area contributed by atoms with Crippen molar-refractivity contribution >= 4 is 17.6 Å². The van der Waals surface area contributed by atoms with Gasteiger partial charge < -0.3 is 20.7 Å². The third-order valence-corrected chi connectivity index (χ3v) is 5.10. The maximum absolute atomic E-state index is 11.4. The van der Waals surface area contributed by atoms with E-state index in [2.05, 4.69) is 66.0 Å². The number of rotatable bonds is 8. The first-order valence-corrected chi connectivity index (χ1v) is 10.3. The molecule has 6 nitrogen and oxygen atoms in total. The highest BCUT2D eigenvalue weighted by atomic mass is 16.5. The molecule has 0 aliphatic carbocycles. The van der Waals surface area contributed by atoms with Gasteiger partial charge in [-0.1, -0.05) is 51.1 Å². The normalized spacial score (nSPS) is 11.7. The van der Waals surface area contributed by atoms with Crippen LogP contribution < -0.4 is 20.7 Å². The number of ether oxygens (including phenoxy) is 1. The van der Waals surface area contributed by atoms with Gasteiger partial charge in [0.1, 0.15) is 5.75 Å². The Kier molecular flexibility index (Phi) is 8.27. The summed E-state index contributed by atoms with van der Waals surface area (Å²) in [5.74, 6) is 1.22. The van der Waals surface area contributed by atoms with Gasteiger partial charge in [-0.25, -0.2) is 0 Å². The molecule has 2 aromatic rings. The maximum atomic E-state index is 11.4. The summed E-state index contributed by atoms with van der Waals surface area (Å²) in [6.45, 7) is 9.40. The topological polar surface area (TPSA) is 74.8 Å². The molecular weight excluding hydrogens is 376 g/mol. The minimum atomic E-state index is -0.134. The largest absolute Gasteiger partial charge is 0.495 e. The zero-order valence-corrected chi connectivity index (χ0v) is 18.9. The average molecular weight is 411 g/mol. The highest BCUT2D eigenvalue weighted by Gasteiger charge is 2.21. The Morgan fingerprint density at radius 2 is 1.73 bits per heavy atom. The number of methoxy groups -OCH3 is 1. The van der Waals surface area contributed by atoms with Gasteiger partial charge in [0, 0.05) is 32.5 Å². The summed E-state index contributed by atoms with van der Waals surface area (Å²) in [6, 6.07) is 14.5. The van der Waals surface area contributed by atoms with E-state index in [4.69, 9.17) is 4.74 Å². The number of amides is 1. The Hall–Kier alpha value is -3.02. The second kappa shape index (κ2) is 10.7. The van der Waals surface area contributed by atoms with E-state index in [0.29, 0.717) is 18.0 Å². The molecule has 0 heterocycles. The van der Waals surface area contributed by atoms with E-state index in [-0.39, 0.29) is 11.3 Å². The number of aliphatic imine (C=N–C) groups is 1. The summed E-state index contributed by atoms with van der Waals surface area (Å²) in [7, 11) is 3.34. The highest BCUT2D eigenvalue weighted by Crippen LogP contribution is 2.25. The summed E-state index contributed by atoms with van der Waals surface area (Å²) in [5.41, 5.74) is 4.26. The molecule has 0 atom stereocenters. The molecule has 6 heteroatoms. The van der Waals surface area contributed by atoms with Gasteiger partial charge in [0.05, 0.1) is 12.8 Å². The SMILES string of the molecule is CCc1ccc(C(C)(C)CNC(=NC)NCc2ccc(OC)c(NC(C)=O)c2)cc1. The number of carbonyl (C=O) groups is 1. The Morgan fingerprint density at radius 3 is 2.30 bits per heavy atom. The Bertz CT molecular complexity index is 873. The summed E-state index contributed by atoms with van der Waals surface area (Å²) < 4.78 is 5.31. The molecule has 3 N–H and O–H groups in total. The molecule has 0 fully saturated rings. The molecule has 0 radical (unpaired) electrons. The van der Waals surface area contributed by atoms with Gasteiger partial charge in [-0.2, -0.15) is 0 Å². The fraction of sp³-hybridized carbons (Fsp3) is 0.417. The molecule has 0 spiro atoms. The molecular formula is C24H34N4O2. The van der Waals surface area contributed by atoms with Gasteiger partial charge in [0.15, 0.2) is 5.96 Å². The molecule has 0 aliphatic heterocycles. The summed E-state index contributed by atoms with van der Waals surface area (Å²) in [4.78, 5) is 15.8. The van der Waals surface area contributed by atoms with Crippen molar-refractivity contribution in [2.75, 3.05) is 26.0 Å². The van der Waals surface area contributed by atoms with Crippen molar-refractivity contribution in [3.05, 3.63) is 59.2 Å². The van der Waals surface area contributed by atoms with E-state index in [9.17, 15) is 4.79 Å². The van der Waals surface area contributed by atoms with Crippen LogP contribution in [0.15, 0.2) is 47.5 Å². The summed E-state index contributed by atoms with van der Waals surface area (Å²) >= 11 is 0. The maximum Gasteiger partial charge on any atom is 0.221 e. The zero-order valence-electron chi connectivity index (χ0n) is 18.9. The third-order valence-electron chi connectivity index (χ3n) is 5.10. The lowest BCUT2D eigenvalue weighted by Gasteiger charge is -2.27. The third kappa shape index (κ3) is 6.51. The standard InChI is InChI=1S/C24H34N4O2/c1-7-18-8-11-20(12-9-18)24(3,4)16-27-23(25-5)26-15-19-10-13-22(30-6)21(14-19)28-17(2)29/h8-14H,7,15-16H2,1-6H3,(H,28,29)(H2,25,26,27). The van der Waals surface area contributed by atoms with Crippen molar-refractivity contribution in [3.63, 3.8) is 0 Å². The minimum absolute atomic E-state index is 0.0391. The number of anilines is 1. The number of carbonyl (C=O) groups excluding carboxylic acids is 1. The van der Waals surface area contributed by atoms with Crippen LogP contribution in [0.25, 0.3) is 0 Å². The molecule has 0 saturated carbocycles. The van der Waals surface area contributed by atoms with Gasteiger partial charge in [-0.3, -0.25) is 9.79 Å². The number of nitrogens with zero attached hydrogens (tertiary/aromatic N) is 1. The molecule has 162 valence electrons. The summed E-state index contributed by atoms with van der Waals surface area (Å²) in [6.07, 6.45) is 1.05. The van der Waals surface area contributed by atoms with Crippen molar-refractivity contribution in [2.45, 2.75) is 46.1 Å². The van der Waals surface area contributed by atoms with E-state index in [1.165, 1.54) is 18.1 Å². The van der Waals surface area contributed by atoms with Gasteiger partial charge in [-0.15, -0.1) is 0 Å². The number of guanidine groups is 1. The molecule has 0 bridgehead atoms. The van der Waals surface area contributed by atoms with Crippen LogP contribution in [0.1, 0.15) is 44.4 Å². The fourth-order valence-electron chi connectivity index (χ4n) is 3.16. The van der Waals surface area contributed by atoms with Crippen LogP contribution in [-0.4, -0.2) is 32.6 Å². The Balaban J connectivity index is 1.98. The first kappa shape index (κ1) is 23.3. The second-order valence-electron chi connectivity index (χ2n) is 7.93. The second-order valence-corrected chi connectivity index (χ2v) is 7.93. The van der Waals surface area contributed by atoms with Gasteiger partial charge >= 0.3 is 0 Å². The highest BCUT2D eigenvalue weighted by molar-refractivity contribution is 5.90. The number of benzene rings is 2. The lowest BCUT2D eigenvalue weighted by atomic mass is 9.84. The number of aryl methyl sites for hydroxylation is 1. The fourth-order valence-corrected chi connectivity index (χ4v) is 3.16. The van der Waals surface area contributed by atoms with E-state index in [1.807, 2.05) is 18.2 Å². The molecule has 1 amide bonds. The molecule has 0 aromatic heterocycles. The summed E-state index contributed by atoms with van der Waals surface area (Å²) in [5, 5.41) is 9.55. The van der Waals surface area contributed by atoms with E-state index in [1.54, 1.807) is 14.2 Å². The van der Waals surface area contributed by atoms with Crippen molar-refractivity contribution in [1.82, 2.24) is 10.6 Å². The molecule has 30 heavy (non-hydrogen) atoms. The molecule has 0 unspecified atom stereocenters. The lowest BCUT2D eigenvalue weighted by Crippen LogP contribution is -2.43. The predicted molar refractivity (Wildman–Crippen MR) is 124 cm³/mol.